The number of morpholine rings is 1. The summed E-state index contributed by atoms with van der Waals surface area (Å²) in [5, 5.41) is 9.35. The first-order chi connectivity index (χ1) is 9.55. The van der Waals surface area contributed by atoms with Crippen molar-refractivity contribution in [3.8, 4) is 11.5 Å². The molecule has 110 valence electrons. The number of aliphatic hydroxyl groups is 1. The number of hydrogen-bond donors (Lipinski definition) is 1. The van der Waals surface area contributed by atoms with Crippen LogP contribution in [-0.2, 0) is 11.3 Å². The Labute approximate surface area is 119 Å². The lowest BCUT2D eigenvalue weighted by Gasteiger charge is -2.42. The molecule has 0 amide bonds. The minimum absolute atomic E-state index is 0.0566. The van der Waals surface area contributed by atoms with Crippen LogP contribution in [0.25, 0.3) is 0 Å². The van der Waals surface area contributed by atoms with E-state index in [-0.39, 0.29) is 18.3 Å². The third kappa shape index (κ3) is 2.90. The molecule has 1 aromatic carbocycles. The van der Waals surface area contributed by atoms with Gasteiger partial charge in [-0.15, -0.1) is 0 Å². The molecular formula is C15H21NO4. The second-order valence-electron chi connectivity index (χ2n) is 6.04. The van der Waals surface area contributed by atoms with Crippen LogP contribution in [0.4, 0.5) is 0 Å². The Kier molecular flexibility index (Phi) is 3.58. The summed E-state index contributed by atoms with van der Waals surface area (Å²) in [4.78, 5) is 2.31. The monoisotopic (exact) mass is 279 g/mol. The third-order valence-electron chi connectivity index (χ3n) is 3.60. The molecule has 0 aromatic heterocycles. The lowest BCUT2D eigenvalue weighted by molar-refractivity contribution is -0.150. The second-order valence-corrected chi connectivity index (χ2v) is 6.04. The van der Waals surface area contributed by atoms with E-state index in [2.05, 4.69) is 24.8 Å². The first-order valence-electron chi connectivity index (χ1n) is 6.95. The molecule has 1 aromatic rings. The van der Waals surface area contributed by atoms with Gasteiger partial charge in [0.15, 0.2) is 11.5 Å². The van der Waals surface area contributed by atoms with Crippen LogP contribution < -0.4 is 9.47 Å². The van der Waals surface area contributed by atoms with E-state index in [1.54, 1.807) is 0 Å². The zero-order chi connectivity index (χ0) is 14.2. The van der Waals surface area contributed by atoms with E-state index in [1.165, 1.54) is 5.56 Å². The van der Waals surface area contributed by atoms with Gasteiger partial charge in [0.05, 0.1) is 18.3 Å². The van der Waals surface area contributed by atoms with Crippen LogP contribution >= 0.6 is 0 Å². The highest BCUT2D eigenvalue weighted by Crippen LogP contribution is 2.33. The van der Waals surface area contributed by atoms with Crippen molar-refractivity contribution < 1.29 is 19.3 Å². The fourth-order valence-corrected chi connectivity index (χ4v) is 2.93. The maximum Gasteiger partial charge on any atom is 0.231 e. The van der Waals surface area contributed by atoms with Crippen molar-refractivity contribution in [3.63, 3.8) is 0 Å². The molecule has 5 heteroatoms. The quantitative estimate of drug-likeness (QED) is 0.906. The molecule has 0 bridgehead atoms. The van der Waals surface area contributed by atoms with E-state index in [1.807, 2.05) is 12.1 Å². The summed E-state index contributed by atoms with van der Waals surface area (Å²) in [6, 6.07) is 6.04. The van der Waals surface area contributed by atoms with Gasteiger partial charge in [0.2, 0.25) is 6.79 Å². The third-order valence-corrected chi connectivity index (χ3v) is 3.60. The molecule has 1 saturated heterocycles. The Morgan fingerprint density at radius 1 is 1.30 bits per heavy atom. The zero-order valence-electron chi connectivity index (χ0n) is 12.0. The Bertz CT molecular complexity index is 489. The molecule has 0 radical (unpaired) electrons. The highest BCUT2D eigenvalue weighted by molar-refractivity contribution is 5.44. The van der Waals surface area contributed by atoms with E-state index < -0.39 is 0 Å². The number of rotatable bonds is 3. The number of hydrogen-bond acceptors (Lipinski definition) is 5. The average Bonchev–Trinajstić information content (AvgIpc) is 2.84. The summed E-state index contributed by atoms with van der Waals surface area (Å²) in [5.41, 5.74) is 0.950. The van der Waals surface area contributed by atoms with Crippen molar-refractivity contribution in [3.05, 3.63) is 23.8 Å². The van der Waals surface area contributed by atoms with Crippen molar-refractivity contribution in [1.82, 2.24) is 4.90 Å². The fraction of sp³-hybridized carbons (Fsp3) is 0.600. The Hall–Kier alpha value is -1.30. The van der Waals surface area contributed by atoms with Gasteiger partial charge in [-0.05, 0) is 31.5 Å². The van der Waals surface area contributed by atoms with Crippen LogP contribution in [0.3, 0.4) is 0 Å². The van der Waals surface area contributed by atoms with Gasteiger partial charge >= 0.3 is 0 Å². The van der Waals surface area contributed by atoms with Crippen molar-refractivity contribution in [2.75, 3.05) is 26.5 Å². The molecule has 0 spiro atoms. The molecule has 2 heterocycles. The smallest absolute Gasteiger partial charge is 0.231 e. The second kappa shape index (κ2) is 5.24. The number of nitrogens with zero attached hydrogens (tertiary/aromatic N) is 1. The average molecular weight is 279 g/mol. The zero-order valence-corrected chi connectivity index (χ0v) is 12.0. The number of ether oxygens (including phenoxy) is 3. The van der Waals surface area contributed by atoms with Crippen molar-refractivity contribution in [1.29, 1.82) is 0 Å². The highest BCUT2D eigenvalue weighted by Gasteiger charge is 2.33. The van der Waals surface area contributed by atoms with E-state index in [0.29, 0.717) is 6.79 Å². The van der Waals surface area contributed by atoms with Gasteiger partial charge in [-0.2, -0.15) is 0 Å². The SMILES string of the molecule is CC1(C)CN(Cc2ccc3c(c2)OCO3)CC(CO)O1. The molecule has 0 saturated carbocycles. The van der Waals surface area contributed by atoms with Crippen molar-refractivity contribution in [2.45, 2.75) is 32.1 Å². The van der Waals surface area contributed by atoms with Crippen LogP contribution in [0.5, 0.6) is 11.5 Å². The molecule has 5 nitrogen and oxygen atoms in total. The summed E-state index contributed by atoms with van der Waals surface area (Å²) in [5.74, 6) is 1.62. The summed E-state index contributed by atoms with van der Waals surface area (Å²) >= 11 is 0. The van der Waals surface area contributed by atoms with E-state index in [9.17, 15) is 5.11 Å². The van der Waals surface area contributed by atoms with E-state index in [0.717, 1.165) is 31.1 Å². The van der Waals surface area contributed by atoms with Gasteiger partial charge < -0.3 is 19.3 Å². The van der Waals surface area contributed by atoms with Crippen molar-refractivity contribution >= 4 is 0 Å². The van der Waals surface area contributed by atoms with Crippen LogP contribution in [0.15, 0.2) is 18.2 Å². The van der Waals surface area contributed by atoms with Crippen molar-refractivity contribution in [2.24, 2.45) is 0 Å². The molecule has 1 unspecified atom stereocenters. The summed E-state index contributed by atoms with van der Waals surface area (Å²) in [6.07, 6.45) is -0.118. The van der Waals surface area contributed by atoms with E-state index >= 15 is 0 Å². The Balaban J connectivity index is 1.70. The number of benzene rings is 1. The first kappa shape index (κ1) is 13.7. The molecular weight excluding hydrogens is 258 g/mol. The van der Waals surface area contributed by atoms with Gasteiger partial charge in [0, 0.05) is 19.6 Å². The minimum atomic E-state index is -0.234. The molecule has 20 heavy (non-hydrogen) atoms. The summed E-state index contributed by atoms with van der Waals surface area (Å²) in [6.45, 7) is 6.88. The topological polar surface area (TPSA) is 51.2 Å². The van der Waals surface area contributed by atoms with Gasteiger partial charge in [0.25, 0.3) is 0 Å². The Morgan fingerprint density at radius 3 is 2.90 bits per heavy atom. The van der Waals surface area contributed by atoms with Gasteiger partial charge in [-0.3, -0.25) is 4.90 Å². The number of aliphatic hydroxyl groups excluding tert-OH is 1. The molecule has 2 aliphatic heterocycles. The minimum Gasteiger partial charge on any atom is -0.454 e. The normalized spacial score (nSPS) is 24.9. The van der Waals surface area contributed by atoms with Crippen LogP contribution in [0, 0.1) is 0 Å². The molecule has 0 aliphatic carbocycles. The lowest BCUT2D eigenvalue weighted by Crippen LogP contribution is -2.53. The van der Waals surface area contributed by atoms with Crippen LogP contribution in [0.2, 0.25) is 0 Å². The maximum atomic E-state index is 9.35. The lowest BCUT2D eigenvalue weighted by atomic mass is 10.0. The largest absolute Gasteiger partial charge is 0.454 e. The molecule has 3 rings (SSSR count). The van der Waals surface area contributed by atoms with Crippen LogP contribution in [-0.4, -0.2) is 48.2 Å². The first-order valence-corrected chi connectivity index (χ1v) is 6.95. The maximum absolute atomic E-state index is 9.35. The highest BCUT2D eigenvalue weighted by atomic mass is 16.7. The van der Waals surface area contributed by atoms with E-state index in [4.69, 9.17) is 14.2 Å². The van der Waals surface area contributed by atoms with Gasteiger partial charge in [-0.1, -0.05) is 6.07 Å². The predicted octanol–water partition coefficient (Wildman–Crippen LogP) is 1.39. The van der Waals surface area contributed by atoms with Gasteiger partial charge in [-0.25, -0.2) is 0 Å². The molecule has 1 N–H and O–H groups in total. The van der Waals surface area contributed by atoms with Crippen LogP contribution in [0.1, 0.15) is 19.4 Å². The summed E-state index contributed by atoms with van der Waals surface area (Å²) < 4.78 is 16.6. The number of fused-ring (bicyclic) bond motifs is 1. The van der Waals surface area contributed by atoms with Gasteiger partial charge in [0.1, 0.15) is 0 Å². The summed E-state index contributed by atoms with van der Waals surface area (Å²) in [7, 11) is 0. The molecule has 1 fully saturated rings. The standard InChI is InChI=1S/C15H21NO4/c1-15(2)9-16(7-12(8-17)20-15)6-11-3-4-13-14(5-11)19-10-18-13/h3-5,12,17H,6-10H2,1-2H3. The Morgan fingerprint density at radius 2 is 2.10 bits per heavy atom. The molecule has 1 atom stereocenters. The predicted molar refractivity (Wildman–Crippen MR) is 73.9 cm³/mol. The fourth-order valence-electron chi connectivity index (χ4n) is 2.93. The molecule has 2 aliphatic rings.